The molecular formula is C35H55ClN4O4. The number of hydrogen-bond donors (Lipinski definition) is 1. The van der Waals surface area contributed by atoms with Gasteiger partial charge in [-0.15, -0.1) is 12.4 Å². The second-order valence-electron chi connectivity index (χ2n) is 14.4. The summed E-state index contributed by atoms with van der Waals surface area (Å²) in [6.07, 6.45) is 11.6. The molecular weight excluding hydrogens is 576 g/mol. The SMILES string of the molecule is COC1CCC(C(=O)N[C@@H](CCN2C3CCC2CC2(C3)CN(CC3CCOCC3)C(=O)N2C(C)C)c2ccccc2)CC1.Cl. The third-order valence-electron chi connectivity index (χ3n) is 11.4. The number of hydrogen-bond acceptors (Lipinski definition) is 5. The highest BCUT2D eigenvalue weighted by atomic mass is 35.5. The van der Waals surface area contributed by atoms with Crippen LogP contribution in [0.5, 0.6) is 0 Å². The third-order valence-corrected chi connectivity index (χ3v) is 11.4. The first kappa shape index (κ1) is 33.5. The van der Waals surface area contributed by atoms with Gasteiger partial charge in [-0.1, -0.05) is 30.3 Å². The second kappa shape index (κ2) is 14.7. The largest absolute Gasteiger partial charge is 0.381 e. The molecule has 1 spiro atoms. The number of benzene rings is 1. The number of urea groups is 1. The Kier molecular flexibility index (Phi) is 11.2. The maximum atomic E-state index is 13.8. The van der Waals surface area contributed by atoms with Gasteiger partial charge in [0.25, 0.3) is 0 Å². The fourth-order valence-electron chi connectivity index (χ4n) is 9.25. The molecule has 3 amide bonds. The van der Waals surface area contributed by atoms with Gasteiger partial charge in [0.2, 0.25) is 5.91 Å². The van der Waals surface area contributed by atoms with E-state index in [0.717, 1.165) is 90.6 Å². The average Bonchev–Trinajstić information content (AvgIpc) is 3.43. The van der Waals surface area contributed by atoms with Crippen LogP contribution >= 0.6 is 12.4 Å². The van der Waals surface area contributed by atoms with Crippen LogP contribution in [0.1, 0.15) is 96.1 Å². The minimum atomic E-state index is -0.0627. The summed E-state index contributed by atoms with van der Waals surface area (Å²) in [5.74, 6) is 0.832. The Morgan fingerprint density at radius 2 is 1.66 bits per heavy atom. The van der Waals surface area contributed by atoms with E-state index < -0.39 is 0 Å². The van der Waals surface area contributed by atoms with Crippen molar-refractivity contribution < 1.29 is 19.1 Å². The molecule has 4 saturated heterocycles. The molecule has 5 fully saturated rings. The summed E-state index contributed by atoms with van der Waals surface area (Å²) in [6.45, 7) is 8.76. The van der Waals surface area contributed by atoms with E-state index in [4.69, 9.17) is 9.47 Å². The molecule has 9 heteroatoms. The van der Waals surface area contributed by atoms with Gasteiger partial charge in [0.05, 0.1) is 17.7 Å². The molecule has 4 heterocycles. The number of rotatable bonds is 10. The average molecular weight is 631 g/mol. The summed E-state index contributed by atoms with van der Waals surface area (Å²) in [5.41, 5.74) is 1.13. The van der Waals surface area contributed by atoms with Gasteiger partial charge in [-0.25, -0.2) is 4.79 Å². The summed E-state index contributed by atoms with van der Waals surface area (Å²) < 4.78 is 11.1. The molecule has 1 aromatic carbocycles. The molecule has 1 aliphatic carbocycles. The van der Waals surface area contributed by atoms with E-state index in [-0.39, 0.29) is 47.9 Å². The molecule has 2 bridgehead atoms. The number of methoxy groups -OCH3 is 1. The van der Waals surface area contributed by atoms with Gasteiger partial charge in [-0.05, 0) is 96.0 Å². The van der Waals surface area contributed by atoms with E-state index in [9.17, 15) is 9.59 Å². The summed E-state index contributed by atoms with van der Waals surface area (Å²) in [4.78, 5) is 34.4. The van der Waals surface area contributed by atoms with Crippen LogP contribution in [0.25, 0.3) is 0 Å². The molecule has 0 aromatic heterocycles. The fraction of sp³-hybridized carbons (Fsp3) is 0.771. The Labute approximate surface area is 271 Å². The minimum Gasteiger partial charge on any atom is -0.381 e. The molecule has 246 valence electrons. The first-order valence-electron chi connectivity index (χ1n) is 17.2. The number of carbonyl (C=O) groups is 2. The Hall–Kier alpha value is -1.87. The number of piperidine rings is 1. The molecule has 44 heavy (non-hydrogen) atoms. The maximum absolute atomic E-state index is 13.8. The normalized spacial score (nSPS) is 31.9. The third kappa shape index (κ3) is 7.08. The first-order valence-corrected chi connectivity index (χ1v) is 17.2. The number of amides is 3. The second-order valence-corrected chi connectivity index (χ2v) is 14.4. The quantitative estimate of drug-likeness (QED) is 0.354. The predicted octanol–water partition coefficient (Wildman–Crippen LogP) is 5.80. The van der Waals surface area contributed by atoms with Crippen LogP contribution in [0.15, 0.2) is 30.3 Å². The topological polar surface area (TPSA) is 74.4 Å². The van der Waals surface area contributed by atoms with Crippen LogP contribution < -0.4 is 5.32 Å². The molecule has 1 saturated carbocycles. The van der Waals surface area contributed by atoms with Crippen LogP contribution in [-0.4, -0.2) is 96.4 Å². The number of nitrogens with zero attached hydrogens (tertiary/aromatic N) is 3. The molecule has 2 unspecified atom stereocenters. The summed E-state index contributed by atoms with van der Waals surface area (Å²) in [6, 6.07) is 12.0. The number of carbonyl (C=O) groups excluding carboxylic acids is 2. The molecule has 3 atom stereocenters. The van der Waals surface area contributed by atoms with Crippen LogP contribution in [0, 0.1) is 11.8 Å². The molecule has 1 N–H and O–H groups in total. The van der Waals surface area contributed by atoms with E-state index in [1.165, 1.54) is 18.4 Å². The maximum Gasteiger partial charge on any atom is 0.320 e. The van der Waals surface area contributed by atoms with Crippen LogP contribution in [-0.2, 0) is 14.3 Å². The van der Waals surface area contributed by atoms with Crippen molar-refractivity contribution in [3.8, 4) is 0 Å². The smallest absolute Gasteiger partial charge is 0.320 e. The van der Waals surface area contributed by atoms with Crippen molar-refractivity contribution in [3.05, 3.63) is 35.9 Å². The van der Waals surface area contributed by atoms with E-state index in [1.807, 2.05) is 6.07 Å². The summed E-state index contributed by atoms with van der Waals surface area (Å²) in [5, 5.41) is 3.47. The zero-order valence-corrected chi connectivity index (χ0v) is 27.9. The van der Waals surface area contributed by atoms with Crippen molar-refractivity contribution in [2.45, 2.75) is 120 Å². The molecule has 8 nitrogen and oxygen atoms in total. The van der Waals surface area contributed by atoms with Gasteiger partial charge in [0.1, 0.15) is 0 Å². The van der Waals surface area contributed by atoms with Crippen molar-refractivity contribution in [3.63, 3.8) is 0 Å². The van der Waals surface area contributed by atoms with Crippen LogP contribution in [0.4, 0.5) is 4.79 Å². The minimum absolute atomic E-state index is 0. The molecule has 1 aromatic rings. The zero-order valence-electron chi connectivity index (χ0n) is 27.1. The highest BCUT2D eigenvalue weighted by Gasteiger charge is 2.57. The highest BCUT2D eigenvalue weighted by Crippen LogP contribution is 2.48. The van der Waals surface area contributed by atoms with Gasteiger partial charge in [0.15, 0.2) is 0 Å². The van der Waals surface area contributed by atoms with E-state index in [0.29, 0.717) is 24.1 Å². The number of nitrogens with one attached hydrogen (secondary N) is 1. The van der Waals surface area contributed by atoms with Crippen molar-refractivity contribution in [1.29, 1.82) is 0 Å². The Balaban J connectivity index is 0.00000384. The van der Waals surface area contributed by atoms with E-state index >= 15 is 0 Å². The summed E-state index contributed by atoms with van der Waals surface area (Å²) >= 11 is 0. The van der Waals surface area contributed by atoms with Gasteiger partial charge < -0.3 is 24.6 Å². The molecule has 0 radical (unpaired) electrons. The van der Waals surface area contributed by atoms with Crippen molar-refractivity contribution in [2.75, 3.05) is 40.0 Å². The zero-order chi connectivity index (χ0) is 30.0. The number of halogens is 1. The van der Waals surface area contributed by atoms with Gasteiger partial charge in [-0.2, -0.15) is 0 Å². The van der Waals surface area contributed by atoms with E-state index in [1.54, 1.807) is 7.11 Å². The lowest BCUT2D eigenvalue weighted by molar-refractivity contribution is -0.127. The van der Waals surface area contributed by atoms with E-state index in [2.05, 4.69) is 58.1 Å². The van der Waals surface area contributed by atoms with Crippen molar-refractivity contribution in [1.82, 2.24) is 20.0 Å². The molecule has 6 rings (SSSR count). The molecule has 4 aliphatic heterocycles. The lowest BCUT2D eigenvalue weighted by atomic mass is 9.81. The summed E-state index contributed by atoms with van der Waals surface area (Å²) in [7, 11) is 1.78. The fourth-order valence-corrected chi connectivity index (χ4v) is 9.25. The highest BCUT2D eigenvalue weighted by molar-refractivity contribution is 5.85. The Bertz CT molecular complexity index is 1080. The first-order chi connectivity index (χ1) is 20.9. The van der Waals surface area contributed by atoms with Crippen molar-refractivity contribution in [2.24, 2.45) is 11.8 Å². The standard InChI is InChI=1S/C35H54N4O4.ClH/c1-25(2)39-34(41)37(23-26-16-19-43-20-17-26)24-35(39)21-29-11-12-30(22-35)38(29)18-15-32(27-7-5-4-6-8-27)36-33(40)28-9-13-31(42-3)14-10-28;/h4-8,25-26,28-32H,9-24H2,1-3H3,(H,36,40);1H/t28?,29?,30?,31?,32-,35?;/m0./s1. The molecule has 5 aliphatic rings. The predicted molar refractivity (Wildman–Crippen MR) is 175 cm³/mol. The number of ether oxygens (including phenoxy) is 2. The van der Waals surface area contributed by atoms with Gasteiger partial charge in [-0.3, -0.25) is 9.69 Å². The van der Waals surface area contributed by atoms with Crippen molar-refractivity contribution >= 4 is 24.3 Å². The Morgan fingerprint density at radius 1 is 1.00 bits per heavy atom. The van der Waals surface area contributed by atoms with Gasteiger partial charge >= 0.3 is 6.03 Å². The Morgan fingerprint density at radius 3 is 2.27 bits per heavy atom. The monoisotopic (exact) mass is 630 g/mol. The van der Waals surface area contributed by atoms with Gasteiger partial charge in [0, 0.05) is 64.0 Å². The van der Waals surface area contributed by atoms with Crippen LogP contribution in [0.3, 0.4) is 0 Å². The van der Waals surface area contributed by atoms with Crippen LogP contribution in [0.2, 0.25) is 0 Å². The number of fused-ring (bicyclic) bond motifs is 2. The lowest BCUT2D eigenvalue weighted by Crippen LogP contribution is -2.60. The lowest BCUT2D eigenvalue weighted by Gasteiger charge is -2.49.